The van der Waals surface area contributed by atoms with Crippen molar-refractivity contribution in [3.05, 3.63) is 46.2 Å². The Morgan fingerprint density at radius 1 is 1.17 bits per heavy atom. The predicted molar refractivity (Wildman–Crippen MR) is 75.6 cm³/mol. The average molecular weight is 261 g/mol. The summed E-state index contributed by atoms with van der Waals surface area (Å²) in [4.78, 5) is 8.66. The molecule has 0 spiro atoms. The van der Waals surface area contributed by atoms with Crippen LogP contribution in [-0.4, -0.2) is 9.97 Å². The number of aromatic nitrogens is 2. The molecule has 0 atom stereocenters. The highest BCUT2D eigenvalue weighted by atomic mass is 32.1. The van der Waals surface area contributed by atoms with Gasteiger partial charge >= 0.3 is 0 Å². The van der Waals surface area contributed by atoms with E-state index in [1.165, 1.54) is 10.6 Å². The van der Waals surface area contributed by atoms with Gasteiger partial charge in [0.1, 0.15) is 0 Å². The van der Waals surface area contributed by atoms with E-state index in [-0.39, 0.29) is 5.41 Å². The zero-order chi connectivity index (χ0) is 13.0. The monoisotopic (exact) mass is 261 g/mol. The fourth-order valence-corrected chi connectivity index (χ4v) is 2.48. The lowest BCUT2D eigenvalue weighted by molar-refractivity contribution is 0.579. The smallest absolute Gasteiger partial charge is 0.0982 e. The second-order valence-electron chi connectivity index (χ2n) is 5.35. The van der Waals surface area contributed by atoms with Crippen molar-refractivity contribution in [1.82, 2.24) is 15.3 Å². The van der Waals surface area contributed by atoms with Gasteiger partial charge < -0.3 is 5.32 Å². The number of pyridine rings is 1. The lowest BCUT2D eigenvalue weighted by atomic mass is 9.98. The third-order valence-electron chi connectivity index (χ3n) is 2.58. The molecule has 0 aliphatic carbocycles. The minimum Gasteiger partial charge on any atom is -0.307 e. The Bertz CT molecular complexity index is 485. The van der Waals surface area contributed by atoms with Crippen molar-refractivity contribution in [2.75, 3.05) is 0 Å². The molecule has 0 saturated heterocycles. The molecule has 3 nitrogen and oxygen atoms in total. The molecule has 0 fully saturated rings. The van der Waals surface area contributed by atoms with Crippen molar-refractivity contribution in [2.24, 2.45) is 0 Å². The molecule has 4 heteroatoms. The van der Waals surface area contributed by atoms with Crippen molar-refractivity contribution < 1.29 is 0 Å². The van der Waals surface area contributed by atoms with E-state index < -0.39 is 0 Å². The fraction of sp³-hybridized carbons (Fsp3) is 0.429. The van der Waals surface area contributed by atoms with E-state index in [0.29, 0.717) is 0 Å². The van der Waals surface area contributed by atoms with Crippen molar-refractivity contribution in [2.45, 2.75) is 39.3 Å². The highest BCUT2D eigenvalue weighted by Crippen LogP contribution is 2.25. The molecule has 2 aromatic rings. The van der Waals surface area contributed by atoms with Gasteiger partial charge in [0.25, 0.3) is 0 Å². The standard InChI is InChI=1S/C14H19N3S/c1-14(2,3)13-17-12(10-18-13)9-16-8-11-4-6-15-7-5-11/h4-7,10,16H,8-9H2,1-3H3. The van der Waals surface area contributed by atoms with Crippen LogP contribution in [0.2, 0.25) is 0 Å². The molecule has 18 heavy (non-hydrogen) atoms. The number of nitrogens with one attached hydrogen (secondary N) is 1. The van der Waals surface area contributed by atoms with Crippen LogP contribution in [0.15, 0.2) is 29.9 Å². The molecule has 0 unspecified atom stereocenters. The highest BCUT2D eigenvalue weighted by molar-refractivity contribution is 7.09. The minimum absolute atomic E-state index is 0.147. The van der Waals surface area contributed by atoms with Crippen LogP contribution in [0.1, 0.15) is 37.0 Å². The summed E-state index contributed by atoms with van der Waals surface area (Å²) in [5, 5.41) is 6.74. The Labute approximate surface area is 112 Å². The molecule has 0 saturated carbocycles. The van der Waals surface area contributed by atoms with Gasteiger partial charge in [0.2, 0.25) is 0 Å². The van der Waals surface area contributed by atoms with E-state index >= 15 is 0 Å². The Kier molecular flexibility index (Phi) is 4.09. The van der Waals surface area contributed by atoms with Crippen LogP contribution >= 0.6 is 11.3 Å². The van der Waals surface area contributed by atoms with E-state index in [9.17, 15) is 0 Å². The van der Waals surface area contributed by atoms with Gasteiger partial charge in [-0.25, -0.2) is 4.98 Å². The maximum absolute atomic E-state index is 4.66. The molecule has 1 N–H and O–H groups in total. The van der Waals surface area contributed by atoms with Gasteiger partial charge in [-0.05, 0) is 17.7 Å². The van der Waals surface area contributed by atoms with Crippen molar-refractivity contribution in [1.29, 1.82) is 0 Å². The van der Waals surface area contributed by atoms with Gasteiger partial charge in [0.05, 0.1) is 10.7 Å². The van der Waals surface area contributed by atoms with Crippen LogP contribution in [0.5, 0.6) is 0 Å². The normalized spacial score (nSPS) is 11.7. The molecule has 2 heterocycles. The first-order valence-corrected chi connectivity index (χ1v) is 6.98. The summed E-state index contributed by atoms with van der Waals surface area (Å²) in [5.41, 5.74) is 2.52. The highest BCUT2D eigenvalue weighted by Gasteiger charge is 2.17. The molecule has 2 aromatic heterocycles. The fourth-order valence-electron chi connectivity index (χ4n) is 1.57. The van der Waals surface area contributed by atoms with E-state index in [4.69, 9.17) is 0 Å². The van der Waals surface area contributed by atoms with Crippen LogP contribution in [0.4, 0.5) is 0 Å². The molecule has 0 aliphatic rings. The maximum Gasteiger partial charge on any atom is 0.0982 e. The SMILES string of the molecule is CC(C)(C)c1nc(CNCc2ccncc2)cs1. The lowest BCUT2D eigenvalue weighted by Gasteiger charge is -2.13. The second kappa shape index (κ2) is 5.59. The third-order valence-corrected chi connectivity index (χ3v) is 3.89. The number of hydrogen-bond donors (Lipinski definition) is 1. The summed E-state index contributed by atoms with van der Waals surface area (Å²) >= 11 is 1.74. The van der Waals surface area contributed by atoms with E-state index in [2.05, 4.69) is 41.4 Å². The van der Waals surface area contributed by atoms with Crippen molar-refractivity contribution in [3.63, 3.8) is 0 Å². The van der Waals surface area contributed by atoms with Crippen LogP contribution in [0, 0.1) is 0 Å². The van der Waals surface area contributed by atoms with Crippen LogP contribution < -0.4 is 5.32 Å². The summed E-state index contributed by atoms with van der Waals surface area (Å²) in [6, 6.07) is 4.04. The summed E-state index contributed by atoms with van der Waals surface area (Å²) in [6.07, 6.45) is 3.63. The van der Waals surface area contributed by atoms with Crippen LogP contribution in [-0.2, 0) is 18.5 Å². The van der Waals surface area contributed by atoms with Gasteiger partial charge in [-0.1, -0.05) is 20.8 Å². The van der Waals surface area contributed by atoms with E-state index in [0.717, 1.165) is 18.8 Å². The van der Waals surface area contributed by atoms with Crippen molar-refractivity contribution in [3.8, 4) is 0 Å². The van der Waals surface area contributed by atoms with Gasteiger partial charge in [-0.15, -0.1) is 11.3 Å². The predicted octanol–water partition coefficient (Wildman–Crippen LogP) is 3.13. The second-order valence-corrected chi connectivity index (χ2v) is 6.21. The molecule has 96 valence electrons. The van der Waals surface area contributed by atoms with Gasteiger partial charge in [0.15, 0.2) is 0 Å². The largest absolute Gasteiger partial charge is 0.307 e. The summed E-state index contributed by atoms with van der Waals surface area (Å²) in [7, 11) is 0. The van der Waals surface area contributed by atoms with Crippen LogP contribution in [0.3, 0.4) is 0 Å². The molecule has 0 aromatic carbocycles. The molecule has 0 bridgehead atoms. The molecule has 0 radical (unpaired) electrons. The Hall–Kier alpha value is -1.26. The zero-order valence-electron chi connectivity index (χ0n) is 11.1. The number of hydrogen-bond acceptors (Lipinski definition) is 4. The Balaban J connectivity index is 1.86. The van der Waals surface area contributed by atoms with Gasteiger partial charge in [0, 0.05) is 36.3 Å². The summed E-state index contributed by atoms with van der Waals surface area (Å²) < 4.78 is 0. The zero-order valence-corrected chi connectivity index (χ0v) is 11.9. The topological polar surface area (TPSA) is 37.8 Å². The first-order chi connectivity index (χ1) is 8.55. The molecule has 0 aliphatic heterocycles. The van der Waals surface area contributed by atoms with Crippen LogP contribution in [0.25, 0.3) is 0 Å². The first-order valence-electron chi connectivity index (χ1n) is 6.10. The van der Waals surface area contributed by atoms with E-state index in [1.807, 2.05) is 24.5 Å². The molecular formula is C14H19N3S. The lowest BCUT2D eigenvalue weighted by Crippen LogP contribution is -2.14. The Morgan fingerprint density at radius 3 is 2.50 bits per heavy atom. The molecule has 2 rings (SSSR count). The number of rotatable bonds is 4. The summed E-state index contributed by atoms with van der Waals surface area (Å²) in [6.45, 7) is 8.25. The maximum atomic E-state index is 4.66. The Morgan fingerprint density at radius 2 is 1.89 bits per heavy atom. The van der Waals surface area contributed by atoms with E-state index in [1.54, 1.807) is 11.3 Å². The quantitative estimate of drug-likeness (QED) is 0.919. The molecule has 0 amide bonds. The molecular weight excluding hydrogens is 242 g/mol. The minimum atomic E-state index is 0.147. The number of thiazole rings is 1. The number of nitrogens with zero attached hydrogens (tertiary/aromatic N) is 2. The van der Waals surface area contributed by atoms with Crippen molar-refractivity contribution >= 4 is 11.3 Å². The third kappa shape index (κ3) is 3.62. The first kappa shape index (κ1) is 13.2. The van der Waals surface area contributed by atoms with Gasteiger partial charge in [-0.2, -0.15) is 0 Å². The average Bonchev–Trinajstić information content (AvgIpc) is 2.79. The summed E-state index contributed by atoms with van der Waals surface area (Å²) in [5.74, 6) is 0. The van der Waals surface area contributed by atoms with Gasteiger partial charge in [-0.3, -0.25) is 4.98 Å².